The number of alkyl carbamates (subject to hydrolysis) is 1. The van der Waals surface area contributed by atoms with Crippen molar-refractivity contribution in [1.29, 1.82) is 0 Å². The van der Waals surface area contributed by atoms with Crippen LogP contribution in [0.5, 0.6) is 5.75 Å². The molecule has 48 heavy (non-hydrogen) atoms. The highest BCUT2D eigenvalue weighted by Gasteiger charge is 2.29. The second-order valence-electron chi connectivity index (χ2n) is 14.0. The average molecular weight is 664 g/mol. The number of nitrogens with one attached hydrogen (secondary N) is 3. The Kier molecular flexibility index (Phi) is 9.83. The number of amides is 2. The Labute approximate surface area is 279 Å². The van der Waals surface area contributed by atoms with E-state index in [1.54, 1.807) is 4.90 Å². The van der Waals surface area contributed by atoms with Gasteiger partial charge in [0.2, 0.25) is 5.95 Å². The molecule has 2 aromatic heterocycles. The van der Waals surface area contributed by atoms with E-state index >= 15 is 0 Å². The van der Waals surface area contributed by atoms with Crippen LogP contribution in [0.1, 0.15) is 91.0 Å². The van der Waals surface area contributed by atoms with Gasteiger partial charge in [0.05, 0.1) is 11.3 Å². The van der Waals surface area contributed by atoms with Crippen LogP contribution in [0, 0.1) is 10.1 Å². The molecule has 2 saturated carbocycles. The van der Waals surface area contributed by atoms with Crippen molar-refractivity contribution in [3.05, 3.63) is 40.7 Å². The summed E-state index contributed by atoms with van der Waals surface area (Å²) in [5, 5.41) is 21.1. The van der Waals surface area contributed by atoms with Gasteiger partial charge in [0.25, 0.3) is 5.69 Å². The van der Waals surface area contributed by atoms with Crippen molar-refractivity contribution in [3.8, 4) is 5.75 Å². The van der Waals surface area contributed by atoms with Crippen LogP contribution in [-0.2, 0) is 4.74 Å². The van der Waals surface area contributed by atoms with Gasteiger partial charge in [-0.25, -0.2) is 14.6 Å². The molecule has 2 aliphatic carbocycles. The van der Waals surface area contributed by atoms with Gasteiger partial charge in [-0.05, 0) is 84.3 Å². The molecule has 3 heterocycles. The number of anilines is 2. The molecular formula is C33H45N9O6. The van der Waals surface area contributed by atoms with Gasteiger partial charge < -0.3 is 34.9 Å². The summed E-state index contributed by atoms with van der Waals surface area (Å²) in [6.45, 7) is 6.55. The summed E-state index contributed by atoms with van der Waals surface area (Å²) in [7, 11) is 0. The molecule has 0 radical (unpaired) electrons. The maximum absolute atomic E-state index is 12.8. The first-order valence-electron chi connectivity index (χ1n) is 17.0. The first-order chi connectivity index (χ1) is 23.0. The predicted molar refractivity (Wildman–Crippen MR) is 179 cm³/mol. The summed E-state index contributed by atoms with van der Waals surface area (Å²) in [6.07, 6.45) is 10.4. The van der Waals surface area contributed by atoms with Gasteiger partial charge in [0.15, 0.2) is 17.0 Å². The Bertz CT molecular complexity index is 1600. The molecular weight excluding hydrogens is 618 g/mol. The zero-order chi connectivity index (χ0) is 33.8. The van der Waals surface area contributed by atoms with Crippen molar-refractivity contribution in [2.45, 2.75) is 115 Å². The summed E-state index contributed by atoms with van der Waals surface area (Å²) >= 11 is 0. The van der Waals surface area contributed by atoms with Crippen LogP contribution in [0.3, 0.4) is 0 Å². The van der Waals surface area contributed by atoms with Crippen molar-refractivity contribution < 1.29 is 24.0 Å². The van der Waals surface area contributed by atoms with Crippen LogP contribution < -0.4 is 20.7 Å². The first kappa shape index (κ1) is 33.2. The summed E-state index contributed by atoms with van der Waals surface area (Å²) in [5.74, 6) is 1.49. The molecule has 3 fully saturated rings. The number of hydrogen-bond acceptors (Lipinski definition) is 11. The van der Waals surface area contributed by atoms with Gasteiger partial charge in [0, 0.05) is 49.4 Å². The number of carbonyl (C=O) groups excluding carboxylic acids is 2. The molecule has 0 bridgehead atoms. The number of piperidine rings is 1. The summed E-state index contributed by atoms with van der Waals surface area (Å²) < 4.78 is 13.1. The number of benzene rings is 1. The molecule has 15 heteroatoms. The minimum absolute atomic E-state index is 0.0605. The minimum Gasteiger partial charge on any atom is -0.444 e. The van der Waals surface area contributed by atoms with Gasteiger partial charge >= 0.3 is 12.2 Å². The molecule has 0 atom stereocenters. The van der Waals surface area contributed by atoms with Crippen molar-refractivity contribution in [2.75, 3.05) is 23.7 Å². The van der Waals surface area contributed by atoms with E-state index in [4.69, 9.17) is 24.4 Å². The Morgan fingerprint density at radius 3 is 2.19 bits per heavy atom. The van der Waals surface area contributed by atoms with Crippen molar-refractivity contribution in [3.63, 3.8) is 0 Å². The average Bonchev–Trinajstić information content (AvgIpc) is 3.72. The van der Waals surface area contributed by atoms with Crippen LogP contribution >= 0.6 is 0 Å². The maximum Gasteiger partial charge on any atom is 0.415 e. The topological polar surface area (TPSA) is 179 Å². The number of non-ortho nitro benzene ring substituents is 1. The quantitative estimate of drug-likeness (QED) is 0.185. The highest BCUT2D eigenvalue weighted by atomic mass is 16.6. The maximum atomic E-state index is 12.8. The van der Waals surface area contributed by atoms with E-state index in [1.165, 1.54) is 37.1 Å². The number of fused-ring (bicyclic) bond motifs is 1. The van der Waals surface area contributed by atoms with E-state index in [1.807, 2.05) is 27.1 Å². The van der Waals surface area contributed by atoms with E-state index in [0.717, 1.165) is 49.7 Å². The number of rotatable bonds is 8. The second-order valence-corrected chi connectivity index (χ2v) is 14.0. The third-order valence-electron chi connectivity index (χ3n) is 9.27. The number of imidazole rings is 1. The summed E-state index contributed by atoms with van der Waals surface area (Å²) in [4.78, 5) is 51.8. The van der Waals surface area contributed by atoms with Crippen molar-refractivity contribution in [1.82, 2.24) is 29.7 Å². The summed E-state index contributed by atoms with van der Waals surface area (Å²) in [6, 6.07) is 6.14. The molecule has 0 spiro atoms. The first-order valence-corrected chi connectivity index (χ1v) is 17.0. The predicted octanol–water partition coefficient (Wildman–Crippen LogP) is 6.17. The van der Waals surface area contributed by atoms with Crippen LogP contribution in [0.4, 0.5) is 27.0 Å². The number of likely N-dealkylation sites (tertiary alicyclic amines) is 1. The number of hydrogen-bond donors (Lipinski definition) is 3. The van der Waals surface area contributed by atoms with Crippen molar-refractivity contribution in [2.24, 2.45) is 0 Å². The van der Waals surface area contributed by atoms with Gasteiger partial charge in [-0.15, -0.1) is 0 Å². The number of nitro benzene ring substituents is 1. The molecule has 1 saturated heterocycles. The monoisotopic (exact) mass is 663 g/mol. The fourth-order valence-corrected chi connectivity index (χ4v) is 6.77. The van der Waals surface area contributed by atoms with Crippen LogP contribution in [-0.4, -0.2) is 78.3 Å². The SMILES string of the molecule is CC(C)(C)OC(=O)NC1CCC(Nc2nc(NC3CCN(C(=O)Oc4ccc([N+](=O)[O-])cc4)CC3)c3ncn(C4CCCC4)c3n2)CC1. The molecule has 3 aliphatic rings. The lowest BCUT2D eigenvalue weighted by atomic mass is 9.91. The lowest BCUT2D eigenvalue weighted by molar-refractivity contribution is -0.384. The third-order valence-corrected chi connectivity index (χ3v) is 9.27. The molecule has 0 unspecified atom stereocenters. The number of aromatic nitrogens is 4. The molecule has 258 valence electrons. The van der Waals surface area contributed by atoms with E-state index in [9.17, 15) is 19.7 Å². The van der Waals surface area contributed by atoms with E-state index in [2.05, 4.69) is 20.5 Å². The highest BCUT2D eigenvalue weighted by Crippen LogP contribution is 2.34. The molecule has 3 N–H and O–H groups in total. The van der Waals surface area contributed by atoms with E-state index < -0.39 is 16.6 Å². The van der Waals surface area contributed by atoms with Gasteiger partial charge in [-0.1, -0.05) is 12.8 Å². The van der Waals surface area contributed by atoms with Crippen LogP contribution in [0.15, 0.2) is 30.6 Å². The minimum atomic E-state index is -0.532. The molecule has 3 aromatic rings. The molecule has 6 rings (SSSR count). The molecule has 2 amide bonds. The third kappa shape index (κ3) is 8.23. The Morgan fingerprint density at radius 2 is 1.54 bits per heavy atom. The van der Waals surface area contributed by atoms with Crippen LogP contribution in [0.2, 0.25) is 0 Å². The van der Waals surface area contributed by atoms with Crippen molar-refractivity contribution >= 4 is 40.8 Å². The number of carbonyl (C=O) groups is 2. The van der Waals surface area contributed by atoms with E-state index in [0.29, 0.717) is 43.7 Å². The number of nitrogens with zero attached hydrogens (tertiary/aromatic N) is 6. The Balaban J connectivity index is 1.09. The molecule has 1 aromatic carbocycles. The smallest absolute Gasteiger partial charge is 0.415 e. The highest BCUT2D eigenvalue weighted by molar-refractivity contribution is 5.84. The fourth-order valence-electron chi connectivity index (χ4n) is 6.77. The summed E-state index contributed by atoms with van der Waals surface area (Å²) in [5.41, 5.74) is 0.950. The lowest BCUT2D eigenvalue weighted by Gasteiger charge is -2.32. The number of ether oxygens (including phenoxy) is 2. The normalized spacial score (nSPS) is 20.8. The van der Waals surface area contributed by atoms with Gasteiger partial charge in [0.1, 0.15) is 11.4 Å². The number of nitro groups is 1. The second kappa shape index (κ2) is 14.2. The molecule has 1 aliphatic heterocycles. The zero-order valence-electron chi connectivity index (χ0n) is 27.8. The van der Waals surface area contributed by atoms with Gasteiger partial charge in [-0.3, -0.25) is 10.1 Å². The zero-order valence-corrected chi connectivity index (χ0v) is 27.8. The van der Waals surface area contributed by atoms with Crippen LogP contribution in [0.25, 0.3) is 11.2 Å². The molecule has 15 nitrogen and oxygen atoms in total. The lowest BCUT2D eigenvalue weighted by Crippen LogP contribution is -2.43. The Morgan fingerprint density at radius 1 is 0.896 bits per heavy atom. The Hall–Kier alpha value is -4.69. The fraction of sp³-hybridized carbons (Fsp3) is 0.606. The van der Waals surface area contributed by atoms with E-state index in [-0.39, 0.29) is 35.7 Å². The standard InChI is InChI=1S/C33H45N9O6/c1-33(2,3)48-31(43)37-22-10-8-21(9-11-22)36-30-38-28(27-29(39-30)41(20-34-27)24-6-4-5-7-24)35-23-16-18-40(19-17-23)32(44)47-26-14-12-25(13-15-26)42(45)46/h12-15,20-24H,4-11,16-19H2,1-3H3,(H,37,43)(H2,35,36,38,39). The van der Waals surface area contributed by atoms with Gasteiger partial charge in [-0.2, -0.15) is 9.97 Å². The largest absolute Gasteiger partial charge is 0.444 e.